The Morgan fingerprint density at radius 2 is 1.75 bits per heavy atom. The van der Waals surface area contributed by atoms with Gasteiger partial charge in [-0.3, -0.25) is 14.7 Å². The van der Waals surface area contributed by atoms with Gasteiger partial charge >= 0.3 is 0 Å². The molecule has 2 rings (SSSR count). The Hall–Kier alpha value is -1.06. The average Bonchev–Trinajstić information content (AvgIpc) is 2.65. The molecule has 1 aliphatic heterocycles. The minimum atomic E-state index is -0.484. The fourth-order valence-electron chi connectivity index (χ4n) is 3.08. The van der Waals surface area contributed by atoms with E-state index in [1.807, 2.05) is 32.9 Å². The van der Waals surface area contributed by atoms with Gasteiger partial charge < -0.3 is 15.5 Å². The number of carbonyl (C=O) groups excluding carboxylic acids is 1. The molecule has 1 aliphatic rings. The summed E-state index contributed by atoms with van der Waals surface area (Å²) < 4.78 is 0. The van der Waals surface area contributed by atoms with E-state index < -0.39 is 5.41 Å². The first-order valence-electron chi connectivity index (χ1n) is 9.56. The summed E-state index contributed by atoms with van der Waals surface area (Å²) in [6, 6.07) is 8.04. The van der Waals surface area contributed by atoms with Gasteiger partial charge in [0.15, 0.2) is 5.96 Å². The van der Waals surface area contributed by atoms with Crippen molar-refractivity contribution in [2.75, 3.05) is 46.3 Å². The van der Waals surface area contributed by atoms with Crippen LogP contribution in [-0.4, -0.2) is 68.0 Å². The van der Waals surface area contributed by atoms with Crippen molar-refractivity contribution in [3.63, 3.8) is 0 Å². The summed E-state index contributed by atoms with van der Waals surface area (Å²) in [5.41, 5.74) is 0.793. The number of aliphatic imine (C=N–C) groups is 1. The van der Waals surface area contributed by atoms with Crippen molar-refractivity contribution in [1.29, 1.82) is 0 Å². The Morgan fingerprint density at radius 1 is 1.14 bits per heavy atom. The van der Waals surface area contributed by atoms with E-state index in [-0.39, 0.29) is 29.9 Å². The fourth-order valence-corrected chi connectivity index (χ4v) is 3.20. The Morgan fingerprint density at radius 3 is 2.29 bits per heavy atom. The molecule has 0 atom stereocenters. The smallest absolute Gasteiger partial charge is 0.227 e. The fraction of sp³-hybridized carbons (Fsp3) is 0.600. The summed E-state index contributed by atoms with van der Waals surface area (Å²) in [6.45, 7) is 11.7. The molecule has 1 heterocycles. The van der Waals surface area contributed by atoms with Crippen LogP contribution in [0.3, 0.4) is 0 Å². The van der Waals surface area contributed by atoms with Gasteiger partial charge in [0, 0.05) is 57.9 Å². The van der Waals surface area contributed by atoms with Gasteiger partial charge in [-0.05, 0) is 38.5 Å². The van der Waals surface area contributed by atoms with Crippen LogP contribution in [0.25, 0.3) is 0 Å². The Labute approximate surface area is 191 Å². The number of piperazine rings is 1. The minimum absolute atomic E-state index is 0. The van der Waals surface area contributed by atoms with Crippen LogP contribution in [-0.2, 0) is 11.3 Å². The minimum Gasteiger partial charge on any atom is -0.356 e. The molecule has 1 saturated heterocycles. The quantitative estimate of drug-likeness (QED) is 0.343. The number of benzene rings is 1. The maximum Gasteiger partial charge on any atom is 0.227 e. The average molecular weight is 522 g/mol. The summed E-state index contributed by atoms with van der Waals surface area (Å²) in [5, 5.41) is 7.04. The van der Waals surface area contributed by atoms with Crippen LogP contribution in [0.1, 0.15) is 26.3 Å². The lowest BCUT2D eigenvalue weighted by atomic mass is 9.92. The standard InChI is InChI=1S/C20H32ClN5O.HI/c1-5-23-18(27)20(2,3)15-24-19(22-4)26-12-10-25(11-13-26)14-16-6-8-17(21)9-7-16;/h6-9H,5,10-15H2,1-4H3,(H,22,24)(H,23,27);1H. The molecular formula is C20H33ClIN5O. The highest BCUT2D eigenvalue weighted by atomic mass is 127. The molecular weight excluding hydrogens is 489 g/mol. The molecule has 6 nitrogen and oxygen atoms in total. The molecule has 158 valence electrons. The number of halogens is 2. The lowest BCUT2D eigenvalue weighted by molar-refractivity contribution is -0.128. The molecule has 0 radical (unpaired) electrons. The summed E-state index contributed by atoms with van der Waals surface area (Å²) in [4.78, 5) is 21.3. The number of amides is 1. The molecule has 0 bridgehead atoms. The van der Waals surface area contributed by atoms with E-state index in [2.05, 4.69) is 37.6 Å². The third kappa shape index (κ3) is 7.40. The third-order valence-electron chi connectivity index (χ3n) is 4.84. The number of nitrogens with zero attached hydrogens (tertiary/aromatic N) is 3. The first-order valence-corrected chi connectivity index (χ1v) is 9.94. The predicted molar refractivity (Wildman–Crippen MR) is 128 cm³/mol. The molecule has 0 aliphatic carbocycles. The third-order valence-corrected chi connectivity index (χ3v) is 5.10. The van der Waals surface area contributed by atoms with Gasteiger partial charge in [-0.25, -0.2) is 0 Å². The van der Waals surface area contributed by atoms with Crippen molar-refractivity contribution in [1.82, 2.24) is 20.4 Å². The molecule has 0 aromatic heterocycles. The molecule has 8 heteroatoms. The van der Waals surface area contributed by atoms with E-state index in [4.69, 9.17) is 11.6 Å². The highest BCUT2D eigenvalue weighted by Gasteiger charge is 2.28. The van der Waals surface area contributed by atoms with Crippen LogP contribution in [0.4, 0.5) is 0 Å². The predicted octanol–water partition coefficient (Wildman–Crippen LogP) is 2.81. The zero-order valence-electron chi connectivity index (χ0n) is 17.3. The molecule has 0 spiro atoms. The second-order valence-electron chi connectivity index (χ2n) is 7.53. The maximum atomic E-state index is 12.2. The van der Waals surface area contributed by atoms with E-state index in [0.29, 0.717) is 13.1 Å². The lowest BCUT2D eigenvalue weighted by Gasteiger charge is -2.37. The van der Waals surface area contributed by atoms with Crippen LogP contribution < -0.4 is 10.6 Å². The van der Waals surface area contributed by atoms with Gasteiger partial charge in [-0.1, -0.05) is 23.7 Å². The number of nitrogens with one attached hydrogen (secondary N) is 2. The van der Waals surface area contributed by atoms with Crippen molar-refractivity contribution in [3.8, 4) is 0 Å². The van der Waals surface area contributed by atoms with Crippen LogP contribution in [0.15, 0.2) is 29.3 Å². The molecule has 1 fully saturated rings. The number of rotatable bonds is 6. The van der Waals surface area contributed by atoms with Gasteiger partial charge in [-0.15, -0.1) is 24.0 Å². The number of hydrogen-bond acceptors (Lipinski definition) is 3. The molecule has 0 saturated carbocycles. The SMILES string of the molecule is CCNC(=O)C(C)(C)CNC(=NC)N1CCN(Cc2ccc(Cl)cc2)CC1.I. The summed E-state index contributed by atoms with van der Waals surface area (Å²) >= 11 is 5.96. The van der Waals surface area contributed by atoms with Crippen molar-refractivity contribution < 1.29 is 4.79 Å². The van der Waals surface area contributed by atoms with Crippen LogP contribution in [0.2, 0.25) is 5.02 Å². The highest BCUT2D eigenvalue weighted by Crippen LogP contribution is 2.15. The summed E-state index contributed by atoms with van der Waals surface area (Å²) in [6.07, 6.45) is 0. The number of guanidine groups is 1. The first kappa shape index (κ1) is 25.0. The van der Waals surface area contributed by atoms with E-state index >= 15 is 0 Å². The van der Waals surface area contributed by atoms with Crippen LogP contribution in [0.5, 0.6) is 0 Å². The lowest BCUT2D eigenvalue weighted by Crippen LogP contribution is -2.54. The van der Waals surface area contributed by atoms with E-state index in [9.17, 15) is 4.79 Å². The number of hydrogen-bond donors (Lipinski definition) is 2. The number of carbonyl (C=O) groups is 1. The summed E-state index contributed by atoms with van der Waals surface area (Å²) in [5.74, 6) is 0.916. The zero-order chi connectivity index (χ0) is 19.9. The Kier molecular flexibility index (Phi) is 10.5. The van der Waals surface area contributed by atoms with Gasteiger partial charge in [0.25, 0.3) is 0 Å². The van der Waals surface area contributed by atoms with Gasteiger partial charge in [0.1, 0.15) is 0 Å². The van der Waals surface area contributed by atoms with E-state index in [1.165, 1.54) is 5.56 Å². The van der Waals surface area contributed by atoms with Crippen molar-refractivity contribution in [3.05, 3.63) is 34.9 Å². The zero-order valence-corrected chi connectivity index (χ0v) is 20.4. The van der Waals surface area contributed by atoms with Crippen LogP contribution >= 0.6 is 35.6 Å². The molecule has 1 amide bonds. The molecule has 0 unspecified atom stereocenters. The molecule has 1 aromatic rings. The van der Waals surface area contributed by atoms with Crippen molar-refractivity contribution in [2.45, 2.75) is 27.3 Å². The normalized spacial score (nSPS) is 15.8. The monoisotopic (exact) mass is 521 g/mol. The summed E-state index contributed by atoms with van der Waals surface area (Å²) in [7, 11) is 1.79. The molecule has 1 aromatic carbocycles. The van der Waals surface area contributed by atoms with Gasteiger partial charge in [-0.2, -0.15) is 0 Å². The van der Waals surface area contributed by atoms with Crippen molar-refractivity contribution in [2.24, 2.45) is 10.4 Å². The molecule has 2 N–H and O–H groups in total. The van der Waals surface area contributed by atoms with Crippen LogP contribution in [0, 0.1) is 5.41 Å². The highest BCUT2D eigenvalue weighted by molar-refractivity contribution is 14.0. The Balaban J connectivity index is 0.00000392. The van der Waals surface area contributed by atoms with Crippen molar-refractivity contribution >= 4 is 47.4 Å². The van der Waals surface area contributed by atoms with E-state index in [1.54, 1.807) is 7.05 Å². The second kappa shape index (κ2) is 11.8. The topological polar surface area (TPSA) is 60.0 Å². The van der Waals surface area contributed by atoms with E-state index in [0.717, 1.165) is 43.7 Å². The maximum absolute atomic E-state index is 12.2. The largest absolute Gasteiger partial charge is 0.356 e. The second-order valence-corrected chi connectivity index (χ2v) is 7.97. The van der Waals surface area contributed by atoms with Gasteiger partial charge in [0.2, 0.25) is 5.91 Å². The molecule has 28 heavy (non-hydrogen) atoms. The first-order chi connectivity index (χ1) is 12.9. The van der Waals surface area contributed by atoms with Gasteiger partial charge in [0.05, 0.1) is 5.41 Å². The Bertz CT molecular complexity index is 643.